The van der Waals surface area contributed by atoms with Crippen LogP contribution in [-0.2, 0) is 0 Å². The van der Waals surface area contributed by atoms with Crippen LogP contribution in [0, 0.1) is 6.92 Å². The van der Waals surface area contributed by atoms with E-state index in [2.05, 4.69) is 83.0 Å². The lowest BCUT2D eigenvalue weighted by Gasteiger charge is -2.28. The fraction of sp³-hybridized carbons (Fsp3) is 0.273. The monoisotopic (exact) mass is 374 g/mol. The molecule has 5 heteroatoms. The number of aromatic nitrogens is 2. The highest BCUT2D eigenvalue weighted by Gasteiger charge is 2.44. The second kappa shape index (κ2) is 6.57. The number of hydrogen-bond donors (Lipinski definition) is 0. The number of aryl methyl sites for hydroxylation is 1. The van der Waals surface area contributed by atoms with Crippen molar-refractivity contribution in [3.8, 4) is 5.69 Å². The van der Waals surface area contributed by atoms with E-state index in [0.717, 1.165) is 17.4 Å². The Kier molecular flexibility index (Phi) is 4.05. The normalized spacial score (nSPS) is 24.1. The van der Waals surface area contributed by atoms with Gasteiger partial charge in [0.2, 0.25) is 0 Å². The standard InChI is InChI=1S/C22H22N4S/c1-15-8-10-17(11-9-15)25-13-5-7-19(25)21-20(18-6-3-4-12-23-18)24-22-26(21)14-16(2)27-22/h3-13,16,20-21H,14H2,1-2H3/t16-,20-,21-/m0/s1. The van der Waals surface area contributed by atoms with Crippen LogP contribution in [0.3, 0.4) is 0 Å². The first-order chi connectivity index (χ1) is 13.2. The Labute approximate surface area is 164 Å². The Balaban J connectivity index is 1.60. The summed E-state index contributed by atoms with van der Waals surface area (Å²) in [6.45, 7) is 5.42. The number of aliphatic imine (C=N–C) groups is 1. The third-order valence-corrected chi connectivity index (χ3v) is 6.38. The van der Waals surface area contributed by atoms with E-state index in [4.69, 9.17) is 4.99 Å². The lowest BCUT2D eigenvalue weighted by atomic mass is 10.0. The highest BCUT2D eigenvalue weighted by Crippen LogP contribution is 2.47. The van der Waals surface area contributed by atoms with Gasteiger partial charge in [-0.25, -0.2) is 0 Å². The van der Waals surface area contributed by atoms with Crippen molar-refractivity contribution in [2.75, 3.05) is 6.54 Å². The summed E-state index contributed by atoms with van der Waals surface area (Å²) in [6.07, 6.45) is 4.02. The molecule has 136 valence electrons. The number of thioether (sulfide) groups is 1. The molecule has 2 aromatic heterocycles. The Bertz CT molecular complexity index is 977. The predicted octanol–water partition coefficient (Wildman–Crippen LogP) is 4.77. The van der Waals surface area contributed by atoms with Crippen LogP contribution >= 0.6 is 11.8 Å². The van der Waals surface area contributed by atoms with Crippen LogP contribution in [0.1, 0.15) is 36.0 Å². The molecule has 3 atom stereocenters. The van der Waals surface area contributed by atoms with Gasteiger partial charge >= 0.3 is 0 Å². The van der Waals surface area contributed by atoms with Gasteiger partial charge in [-0.3, -0.25) is 9.98 Å². The van der Waals surface area contributed by atoms with Gasteiger partial charge in [-0.2, -0.15) is 0 Å². The van der Waals surface area contributed by atoms with Crippen LogP contribution in [0.15, 0.2) is 72.0 Å². The zero-order chi connectivity index (χ0) is 18.4. The molecule has 4 nitrogen and oxygen atoms in total. The van der Waals surface area contributed by atoms with E-state index in [1.165, 1.54) is 16.9 Å². The van der Waals surface area contributed by atoms with Crippen LogP contribution < -0.4 is 0 Å². The first-order valence-electron chi connectivity index (χ1n) is 9.37. The predicted molar refractivity (Wildman–Crippen MR) is 111 cm³/mol. The number of rotatable bonds is 3. The van der Waals surface area contributed by atoms with Crippen LogP contribution in [-0.4, -0.2) is 31.4 Å². The van der Waals surface area contributed by atoms with Crippen molar-refractivity contribution in [3.63, 3.8) is 0 Å². The van der Waals surface area contributed by atoms with E-state index >= 15 is 0 Å². The van der Waals surface area contributed by atoms with E-state index in [-0.39, 0.29) is 12.1 Å². The molecule has 0 unspecified atom stereocenters. The zero-order valence-corrected chi connectivity index (χ0v) is 16.3. The van der Waals surface area contributed by atoms with E-state index < -0.39 is 0 Å². The molecule has 2 aliphatic rings. The largest absolute Gasteiger partial charge is 0.339 e. The molecule has 27 heavy (non-hydrogen) atoms. The first-order valence-corrected chi connectivity index (χ1v) is 10.2. The Hall–Kier alpha value is -2.53. The van der Waals surface area contributed by atoms with E-state index in [9.17, 15) is 0 Å². The third-order valence-electron chi connectivity index (χ3n) is 5.28. The molecule has 0 spiro atoms. The molecular weight excluding hydrogens is 352 g/mol. The topological polar surface area (TPSA) is 33.4 Å². The van der Waals surface area contributed by atoms with E-state index in [0.29, 0.717) is 5.25 Å². The van der Waals surface area contributed by atoms with Gasteiger partial charge in [0.15, 0.2) is 5.17 Å². The Morgan fingerprint density at radius 1 is 1.04 bits per heavy atom. The molecule has 1 saturated heterocycles. The summed E-state index contributed by atoms with van der Waals surface area (Å²) in [4.78, 5) is 12.2. The molecule has 0 bridgehead atoms. The number of fused-ring (bicyclic) bond motifs is 1. The SMILES string of the molecule is Cc1ccc(-n2cccc2[C@H]2[C@H](c3ccccn3)N=C3S[C@@H](C)CN32)cc1. The maximum absolute atomic E-state index is 5.09. The van der Waals surface area contributed by atoms with Gasteiger partial charge in [0.05, 0.1) is 11.7 Å². The van der Waals surface area contributed by atoms with Crippen LogP contribution in [0.5, 0.6) is 0 Å². The molecule has 3 aromatic rings. The van der Waals surface area contributed by atoms with Crippen molar-refractivity contribution in [1.82, 2.24) is 14.5 Å². The highest BCUT2D eigenvalue weighted by atomic mass is 32.2. The first kappa shape index (κ1) is 16.6. The second-order valence-corrected chi connectivity index (χ2v) is 8.68. The van der Waals surface area contributed by atoms with Gasteiger partial charge in [0.25, 0.3) is 0 Å². The van der Waals surface area contributed by atoms with E-state index in [1.807, 2.05) is 24.0 Å². The fourth-order valence-corrected chi connectivity index (χ4v) is 5.11. The molecule has 0 N–H and O–H groups in total. The second-order valence-electron chi connectivity index (χ2n) is 7.28. The minimum absolute atomic E-state index is 0.0281. The van der Waals surface area contributed by atoms with Crippen molar-refractivity contribution in [2.45, 2.75) is 31.2 Å². The van der Waals surface area contributed by atoms with Gasteiger partial charge in [-0.15, -0.1) is 0 Å². The van der Waals surface area contributed by atoms with Crippen molar-refractivity contribution < 1.29 is 0 Å². The Morgan fingerprint density at radius 3 is 2.67 bits per heavy atom. The van der Waals surface area contributed by atoms with Crippen molar-refractivity contribution >= 4 is 16.9 Å². The van der Waals surface area contributed by atoms with E-state index in [1.54, 1.807) is 0 Å². The average Bonchev–Trinajstić information content (AvgIpc) is 3.37. The highest BCUT2D eigenvalue weighted by molar-refractivity contribution is 8.14. The van der Waals surface area contributed by atoms with Crippen molar-refractivity contribution in [2.24, 2.45) is 4.99 Å². The zero-order valence-electron chi connectivity index (χ0n) is 15.5. The quantitative estimate of drug-likeness (QED) is 0.662. The Morgan fingerprint density at radius 2 is 1.89 bits per heavy atom. The summed E-state index contributed by atoms with van der Waals surface area (Å²) < 4.78 is 2.30. The lowest BCUT2D eigenvalue weighted by Crippen LogP contribution is -2.30. The summed E-state index contributed by atoms with van der Waals surface area (Å²) >= 11 is 1.88. The summed E-state index contributed by atoms with van der Waals surface area (Å²) in [7, 11) is 0. The number of benzene rings is 1. The molecule has 0 amide bonds. The van der Waals surface area contributed by atoms with Crippen LogP contribution in [0.25, 0.3) is 5.69 Å². The molecular formula is C22H22N4S. The molecule has 1 aromatic carbocycles. The maximum atomic E-state index is 5.09. The minimum Gasteiger partial charge on any atom is -0.339 e. The summed E-state index contributed by atoms with van der Waals surface area (Å²) in [5.74, 6) is 0. The molecule has 0 radical (unpaired) electrons. The van der Waals surface area contributed by atoms with Gasteiger partial charge < -0.3 is 9.47 Å². The minimum atomic E-state index is 0.0281. The summed E-state index contributed by atoms with van der Waals surface area (Å²) in [5.41, 5.74) is 4.76. The molecule has 4 heterocycles. The van der Waals surface area contributed by atoms with Crippen LogP contribution in [0.4, 0.5) is 0 Å². The van der Waals surface area contributed by atoms with Crippen molar-refractivity contribution in [1.29, 1.82) is 0 Å². The van der Waals surface area contributed by atoms with Gasteiger partial charge in [0.1, 0.15) is 6.04 Å². The van der Waals surface area contributed by atoms with Gasteiger partial charge in [0, 0.05) is 35.6 Å². The molecule has 1 fully saturated rings. The average molecular weight is 375 g/mol. The summed E-state index contributed by atoms with van der Waals surface area (Å²) in [6, 6.07) is 19.4. The van der Waals surface area contributed by atoms with Gasteiger partial charge in [-0.05, 0) is 43.3 Å². The number of hydrogen-bond acceptors (Lipinski definition) is 4. The van der Waals surface area contributed by atoms with Gasteiger partial charge in [-0.1, -0.05) is 42.4 Å². The lowest BCUT2D eigenvalue weighted by molar-refractivity contribution is 0.312. The molecule has 0 aliphatic carbocycles. The van der Waals surface area contributed by atoms with Crippen LogP contribution in [0.2, 0.25) is 0 Å². The molecule has 0 saturated carbocycles. The fourth-order valence-electron chi connectivity index (χ4n) is 4.01. The molecule has 2 aliphatic heterocycles. The maximum Gasteiger partial charge on any atom is 0.160 e. The van der Waals surface area contributed by atoms with Crippen molar-refractivity contribution in [3.05, 3.63) is 83.9 Å². The number of nitrogens with zero attached hydrogens (tertiary/aromatic N) is 4. The molecule has 5 rings (SSSR count). The third kappa shape index (κ3) is 2.86. The smallest absolute Gasteiger partial charge is 0.160 e. The summed E-state index contributed by atoms with van der Waals surface area (Å²) in [5, 5.41) is 1.72. The number of pyridine rings is 1. The number of amidine groups is 1.